The third kappa shape index (κ3) is 2.88. The monoisotopic (exact) mass is 274 g/mol. The van der Waals surface area contributed by atoms with E-state index in [2.05, 4.69) is 5.32 Å². The summed E-state index contributed by atoms with van der Waals surface area (Å²) in [5, 5.41) is 2.65. The van der Waals surface area contributed by atoms with Crippen molar-refractivity contribution in [3.8, 4) is 5.75 Å². The van der Waals surface area contributed by atoms with E-state index in [1.807, 2.05) is 13.0 Å². The van der Waals surface area contributed by atoms with Crippen molar-refractivity contribution in [2.75, 3.05) is 18.2 Å². The van der Waals surface area contributed by atoms with Crippen LogP contribution in [0.3, 0.4) is 0 Å². The summed E-state index contributed by atoms with van der Waals surface area (Å²) in [6, 6.07) is 9.32. The number of benzene rings is 2. The van der Waals surface area contributed by atoms with Crippen molar-refractivity contribution in [1.82, 2.24) is 0 Å². The molecule has 0 heterocycles. The highest BCUT2D eigenvalue weighted by atomic mass is 19.1. The largest absolute Gasteiger partial charge is 0.494 e. The lowest BCUT2D eigenvalue weighted by molar-refractivity contribution is 0.102. The summed E-state index contributed by atoms with van der Waals surface area (Å²) in [6.45, 7) is 1.90. The third-order valence-corrected chi connectivity index (χ3v) is 2.87. The smallest absolute Gasteiger partial charge is 0.255 e. The van der Waals surface area contributed by atoms with Crippen LogP contribution in [0.1, 0.15) is 15.9 Å². The second kappa shape index (κ2) is 5.61. The molecule has 1 amide bonds. The molecule has 0 spiro atoms. The minimum atomic E-state index is -0.586. The van der Waals surface area contributed by atoms with Crippen LogP contribution in [0.25, 0.3) is 0 Å². The number of carbonyl (C=O) groups excluding carboxylic acids is 1. The molecule has 0 aliphatic carbocycles. The van der Waals surface area contributed by atoms with Gasteiger partial charge in [0.1, 0.15) is 0 Å². The minimum Gasteiger partial charge on any atom is -0.494 e. The zero-order chi connectivity index (χ0) is 14.7. The quantitative estimate of drug-likeness (QED) is 0.846. The Hall–Kier alpha value is -2.56. The van der Waals surface area contributed by atoms with Gasteiger partial charge in [0, 0.05) is 5.56 Å². The number of nitrogens with one attached hydrogen (secondary N) is 1. The maximum atomic E-state index is 13.6. The lowest BCUT2D eigenvalue weighted by Gasteiger charge is -2.09. The van der Waals surface area contributed by atoms with Crippen molar-refractivity contribution in [2.24, 2.45) is 0 Å². The molecule has 0 unspecified atom stereocenters. The van der Waals surface area contributed by atoms with E-state index in [4.69, 9.17) is 10.5 Å². The first-order valence-corrected chi connectivity index (χ1v) is 6.02. The van der Waals surface area contributed by atoms with Crippen molar-refractivity contribution >= 4 is 17.3 Å². The van der Waals surface area contributed by atoms with E-state index < -0.39 is 11.7 Å². The standard InChI is InChI=1S/C15H15FN2O2/c1-9-3-5-13(12(17)7-9)18-15(19)10-4-6-14(20-2)11(16)8-10/h3-8H,17H2,1-2H3,(H,18,19). The molecule has 4 nitrogen and oxygen atoms in total. The van der Waals surface area contributed by atoms with Crippen LogP contribution in [-0.4, -0.2) is 13.0 Å². The lowest BCUT2D eigenvalue weighted by Crippen LogP contribution is -2.13. The predicted octanol–water partition coefficient (Wildman–Crippen LogP) is 2.98. The number of hydrogen-bond donors (Lipinski definition) is 2. The van der Waals surface area contributed by atoms with Crippen LogP contribution in [0.2, 0.25) is 0 Å². The number of carbonyl (C=O) groups is 1. The van der Waals surface area contributed by atoms with Crippen molar-refractivity contribution in [3.63, 3.8) is 0 Å². The molecule has 0 bridgehead atoms. The van der Waals surface area contributed by atoms with Crippen LogP contribution in [0, 0.1) is 12.7 Å². The molecule has 0 saturated carbocycles. The first-order valence-electron chi connectivity index (χ1n) is 6.02. The first-order chi connectivity index (χ1) is 9.51. The number of nitrogens with two attached hydrogens (primary N) is 1. The highest BCUT2D eigenvalue weighted by Crippen LogP contribution is 2.22. The van der Waals surface area contributed by atoms with E-state index in [0.29, 0.717) is 11.4 Å². The Balaban J connectivity index is 2.21. The fourth-order valence-electron chi connectivity index (χ4n) is 1.80. The van der Waals surface area contributed by atoms with Gasteiger partial charge < -0.3 is 15.8 Å². The highest BCUT2D eigenvalue weighted by Gasteiger charge is 2.11. The van der Waals surface area contributed by atoms with Gasteiger partial charge in [-0.15, -0.1) is 0 Å². The van der Waals surface area contributed by atoms with E-state index in [1.165, 1.54) is 19.2 Å². The van der Waals surface area contributed by atoms with E-state index >= 15 is 0 Å². The Morgan fingerprint density at radius 3 is 2.60 bits per heavy atom. The topological polar surface area (TPSA) is 64.3 Å². The van der Waals surface area contributed by atoms with Crippen molar-refractivity contribution < 1.29 is 13.9 Å². The average Bonchev–Trinajstić information content (AvgIpc) is 2.41. The Morgan fingerprint density at radius 2 is 2.00 bits per heavy atom. The molecule has 104 valence electrons. The Labute approximate surface area is 116 Å². The van der Waals surface area contributed by atoms with E-state index in [0.717, 1.165) is 11.6 Å². The molecule has 0 saturated heterocycles. The molecule has 20 heavy (non-hydrogen) atoms. The Kier molecular flexibility index (Phi) is 3.89. The van der Waals surface area contributed by atoms with Gasteiger partial charge in [-0.3, -0.25) is 4.79 Å². The van der Waals surface area contributed by atoms with Crippen LogP contribution in [0.15, 0.2) is 36.4 Å². The molecule has 2 rings (SSSR count). The Bertz CT molecular complexity index is 656. The van der Waals surface area contributed by atoms with E-state index in [-0.39, 0.29) is 11.3 Å². The second-order valence-electron chi connectivity index (χ2n) is 4.39. The SMILES string of the molecule is COc1ccc(C(=O)Nc2ccc(C)cc2N)cc1F. The summed E-state index contributed by atoms with van der Waals surface area (Å²) in [7, 11) is 1.37. The lowest BCUT2D eigenvalue weighted by atomic mass is 10.1. The van der Waals surface area contributed by atoms with Gasteiger partial charge in [0.25, 0.3) is 5.91 Å². The third-order valence-electron chi connectivity index (χ3n) is 2.87. The highest BCUT2D eigenvalue weighted by molar-refractivity contribution is 6.05. The normalized spacial score (nSPS) is 10.2. The molecule has 0 aliphatic rings. The van der Waals surface area contributed by atoms with Gasteiger partial charge in [-0.2, -0.15) is 0 Å². The number of nitrogen functional groups attached to an aromatic ring is 1. The van der Waals surface area contributed by atoms with Crippen molar-refractivity contribution in [3.05, 3.63) is 53.3 Å². The molecule has 5 heteroatoms. The Morgan fingerprint density at radius 1 is 1.25 bits per heavy atom. The van der Waals surface area contributed by atoms with Gasteiger partial charge in [0.05, 0.1) is 18.5 Å². The molecule has 3 N–H and O–H groups in total. The van der Waals surface area contributed by atoms with E-state index in [9.17, 15) is 9.18 Å². The second-order valence-corrected chi connectivity index (χ2v) is 4.39. The average molecular weight is 274 g/mol. The van der Waals surface area contributed by atoms with Crippen molar-refractivity contribution in [2.45, 2.75) is 6.92 Å². The molecule has 0 fully saturated rings. The maximum absolute atomic E-state index is 13.6. The number of ether oxygens (including phenoxy) is 1. The van der Waals surface area contributed by atoms with Crippen LogP contribution >= 0.6 is 0 Å². The summed E-state index contributed by atoms with van der Waals surface area (Å²) in [4.78, 5) is 12.0. The summed E-state index contributed by atoms with van der Waals surface area (Å²) in [5.41, 5.74) is 7.97. The summed E-state index contributed by atoms with van der Waals surface area (Å²) in [5.74, 6) is -0.921. The molecule has 0 radical (unpaired) electrons. The van der Waals surface area contributed by atoms with Crippen LogP contribution < -0.4 is 15.8 Å². The number of methoxy groups -OCH3 is 1. The number of anilines is 2. The number of halogens is 1. The number of aryl methyl sites for hydroxylation is 1. The number of hydrogen-bond acceptors (Lipinski definition) is 3. The van der Waals surface area contributed by atoms with Crippen molar-refractivity contribution in [1.29, 1.82) is 0 Å². The van der Waals surface area contributed by atoms with Gasteiger partial charge in [0.15, 0.2) is 11.6 Å². The first kappa shape index (κ1) is 13.9. The molecule has 2 aromatic rings. The van der Waals surface area contributed by atoms with Gasteiger partial charge in [-0.1, -0.05) is 6.07 Å². The van der Waals surface area contributed by atoms with Gasteiger partial charge in [0.2, 0.25) is 0 Å². The summed E-state index contributed by atoms with van der Waals surface area (Å²) >= 11 is 0. The van der Waals surface area contributed by atoms with E-state index in [1.54, 1.807) is 12.1 Å². The minimum absolute atomic E-state index is 0.0939. The van der Waals surface area contributed by atoms with Crippen LogP contribution in [0.5, 0.6) is 5.75 Å². The summed E-state index contributed by atoms with van der Waals surface area (Å²) in [6.07, 6.45) is 0. The van der Waals surface area contributed by atoms with Gasteiger partial charge >= 0.3 is 0 Å². The predicted molar refractivity (Wildman–Crippen MR) is 76.5 cm³/mol. The summed E-state index contributed by atoms with van der Waals surface area (Å²) < 4.78 is 18.4. The zero-order valence-corrected chi connectivity index (χ0v) is 11.2. The number of rotatable bonds is 3. The van der Waals surface area contributed by atoms with Crippen LogP contribution in [-0.2, 0) is 0 Å². The van der Waals surface area contributed by atoms with Gasteiger partial charge in [-0.05, 0) is 42.8 Å². The molecule has 0 aromatic heterocycles. The maximum Gasteiger partial charge on any atom is 0.255 e. The number of amides is 1. The van der Waals surface area contributed by atoms with Crippen LogP contribution in [0.4, 0.5) is 15.8 Å². The fraction of sp³-hybridized carbons (Fsp3) is 0.133. The molecule has 0 aliphatic heterocycles. The molecular weight excluding hydrogens is 259 g/mol. The molecule has 0 atom stereocenters. The van der Waals surface area contributed by atoms with Gasteiger partial charge in [-0.25, -0.2) is 4.39 Å². The molecular formula is C15H15FN2O2. The fourth-order valence-corrected chi connectivity index (χ4v) is 1.80. The molecule has 2 aromatic carbocycles. The zero-order valence-electron chi connectivity index (χ0n) is 11.2.